The van der Waals surface area contributed by atoms with Crippen molar-refractivity contribution in [3.05, 3.63) is 24.5 Å². The number of nitrogens with zero attached hydrogens (tertiary/aromatic N) is 4. The van der Waals surface area contributed by atoms with Crippen molar-refractivity contribution in [1.29, 1.82) is 0 Å². The number of carbonyl (C=O) groups excluding carboxylic acids is 1. The van der Waals surface area contributed by atoms with Crippen LogP contribution in [0.4, 0.5) is 5.69 Å². The number of hydrogen-bond donors (Lipinski definition) is 2. The van der Waals surface area contributed by atoms with E-state index in [0.29, 0.717) is 17.1 Å². The van der Waals surface area contributed by atoms with Gasteiger partial charge in [0.15, 0.2) is 0 Å². The number of aliphatic carboxylic acids is 1. The molecule has 1 amide bonds. The molecule has 0 aliphatic carbocycles. The number of anilines is 1. The molecule has 9 nitrogen and oxygen atoms in total. The highest BCUT2D eigenvalue weighted by Gasteiger charge is 2.08. The van der Waals surface area contributed by atoms with Crippen molar-refractivity contribution in [2.24, 2.45) is 0 Å². The van der Waals surface area contributed by atoms with E-state index in [2.05, 4.69) is 20.8 Å². The maximum Gasteiger partial charge on any atom is 0.313 e. The van der Waals surface area contributed by atoms with Crippen molar-refractivity contribution in [3.63, 3.8) is 0 Å². The van der Waals surface area contributed by atoms with Crippen molar-refractivity contribution >= 4 is 29.3 Å². The Morgan fingerprint density at radius 2 is 2.18 bits per heavy atom. The lowest BCUT2D eigenvalue weighted by molar-refractivity contribution is -0.133. The number of hydrogen-bond acceptors (Lipinski definition) is 7. The molecule has 0 bridgehead atoms. The Hall–Kier alpha value is -2.62. The Balaban J connectivity index is 2.08. The van der Waals surface area contributed by atoms with E-state index in [1.807, 2.05) is 0 Å². The molecular formula is C12H13N5O4S. The number of aromatic nitrogens is 4. The summed E-state index contributed by atoms with van der Waals surface area (Å²) in [5.41, 5.74) is 1.13. The number of tetrazole rings is 1. The first-order chi connectivity index (χ1) is 10.6. The first kappa shape index (κ1) is 15.8. The standard InChI is InChI=1S/C12H13N5O4S/c1-21-10-3-8(14-11(18)5-22-6-12(19)20)2-9(4-10)17-7-13-15-16-17/h2-4,7H,5-6H2,1H3,(H,14,18)(H,19,20). The number of carboxylic acid groups (broad SMARTS) is 1. The van der Waals surface area contributed by atoms with E-state index < -0.39 is 5.97 Å². The lowest BCUT2D eigenvalue weighted by Gasteiger charge is -2.09. The SMILES string of the molecule is COc1cc(NC(=O)CSCC(=O)O)cc(-n2cnnn2)c1. The maximum atomic E-state index is 11.8. The highest BCUT2D eigenvalue weighted by molar-refractivity contribution is 8.00. The third kappa shape index (κ3) is 4.45. The normalized spacial score (nSPS) is 10.2. The second-order valence-corrected chi connectivity index (χ2v) is 5.09. The second kappa shape index (κ2) is 7.41. The van der Waals surface area contributed by atoms with Gasteiger partial charge in [-0.25, -0.2) is 4.68 Å². The van der Waals surface area contributed by atoms with Gasteiger partial charge in [0.1, 0.15) is 12.1 Å². The zero-order chi connectivity index (χ0) is 15.9. The van der Waals surface area contributed by atoms with Crippen LogP contribution in [0, 0.1) is 0 Å². The fraction of sp³-hybridized carbons (Fsp3) is 0.250. The van der Waals surface area contributed by atoms with Gasteiger partial charge in [-0.2, -0.15) is 0 Å². The van der Waals surface area contributed by atoms with Crippen molar-refractivity contribution in [1.82, 2.24) is 20.2 Å². The average Bonchev–Trinajstić information content (AvgIpc) is 3.00. The number of rotatable bonds is 7. The Bertz CT molecular complexity index is 662. The van der Waals surface area contributed by atoms with Crippen LogP contribution >= 0.6 is 11.8 Å². The van der Waals surface area contributed by atoms with E-state index in [-0.39, 0.29) is 17.4 Å². The van der Waals surface area contributed by atoms with Crippen molar-refractivity contribution in [2.75, 3.05) is 23.9 Å². The Labute approximate surface area is 129 Å². The van der Waals surface area contributed by atoms with Crippen LogP contribution in [0.1, 0.15) is 0 Å². The molecule has 10 heteroatoms. The van der Waals surface area contributed by atoms with Gasteiger partial charge >= 0.3 is 5.97 Å². The van der Waals surface area contributed by atoms with Crippen LogP contribution in [-0.4, -0.2) is 55.8 Å². The Morgan fingerprint density at radius 3 is 2.82 bits per heavy atom. The third-order valence-electron chi connectivity index (χ3n) is 2.48. The highest BCUT2D eigenvalue weighted by Crippen LogP contribution is 2.23. The van der Waals surface area contributed by atoms with Crippen LogP contribution in [0.2, 0.25) is 0 Å². The number of carbonyl (C=O) groups is 2. The summed E-state index contributed by atoms with van der Waals surface area (Å²) in [5, 5.41) is 22.1. The number of thioether (sulfide) groups is 1. The van der Waals surface area contributed by atoms with Crippen molar-refractivity contribution < 1.29 is 19.4 Å². The van der Waals surface area contributed by atoms with Gasteiger partial charge in [0.2, 0.25) is 5.91 Å². The number of nitrogens with one attached hydrogen (secondary N) is 1. The highest BCUT2D eigenvalue weighted by atomic mass is 32.2. The summed E-state index contributed by atoms with van der Waals surface area (Å²) in [7, 11) is 1.51. The van der Waals surface area contributed by atoms with E-state index in [0.717, 1.165) is 11.8 Å². The maximum absolute atomic E-state index is 11.8. The zero-order valence-electron chi connectivity index (χ0n) is 11.6. The number of amides is 1. The fourth-order valence-electron chi connectivity index (χ4n) is 1.61. The molecule has 2 N–H and O–H groups in total. The zero-order valence-corrected chi connectivity index (χ0v) is 12.4. The minimum Gasteiger partial charge on any atom is -0.497 e. The molecule has 0 spiro atoms. The number of benzene rings is 1. The van der Waals surface area contributed by atoms with E-state index in [4.69, 9.17) is 9.84 Å². The molecule has 2 rings (SSSR count). The first-order valence-electron chi connectivity index (χ1n) is 6.10. The summed E-state index contributed by atoms with van der Waals surface area (Å²) in [6.45, 7) is 0. The summed E-state index contributed by atoms with van der Waals surface area (Å²) in [6, 6.07) is 5.04. The number of carboxylic acids is 1. The van der Waals surface area contributed by atoms with Gasteiger partial charge in [0.25, 0.3) is 0 Å². The molecule has 0 saturated carbocycles. The minimum atomic E-state index is -0.958. The van der Waals surface area contributed by atoms with Gasteiger partial charge in [0.05, 0.1) is 24.3 Å². The van der Waals surface area contributed by atoms with Gasteiger partial charge in [-0.15, -0.1) is 16.9 Å². The number of methoxy groups -OCH3 is 1. The fourth-order valence-corrected chi connectivity index (χ4v) is 2.15. The van der Waals surface area contributed by atoms with Crippen LogP contribution in [0.25, 0.3) is 5.69 Å². The lowest BCUT2D eigenvalue weighted by Crippen LogP contribution is -2.15. The molecule has 0 saturated heterocycles. The van der Waals surface area contributed by atoms with Crippen molar-refractivity contribution in [2.45, 2.75) is 0 Å². The lowest BCUT2D eigenvalue weighted by atomic mass is 10.2. The van der Waals surface area contributed by atoms with Crippen molar-refractivity contribution in [3.8, 4) is 11.4 Å². The molecule has 1 aromatic carbocycles. The Kier molecular flexibility index (Phi) is 5.31. The van der Waals surface area contributed by atoms with Gasteiger partial charge in [-0.05, 0) is 16.5 Å². The molecule has 22 heavy (non-hydrogen) atoms. The van der Waals surface area contributed by atoms with Crippen LogP contribution < -0.4 is 10.1 Å². The molecule has 0 radical (unpaired) electrons. The minimum absolute atomic E-state index is 0.0454. The third-order valence-corrected chi connectivity index (χ3v) is 3.40. The molecule has 1 aromatic heterocycles. The molecule has 116 valence electrons. The number of ether oxygens (including phenoxy) is 1. The first-order valence-corrected chi connectivity index (χ1v) is 7.26. The van der Waals surface area contributed by atoms with E-state index in [9.17, 15) is 9.59 Å². The predicted octanol–water partition coefficient (Wildman–Crippen LogP) is 0.427. The largest absolute Gasteiger partial charge is 0.497 e. The molecule has 0 aliphatic heterocycles. The second-order valence-electron chi connectivity index (χ2n) is 4.11. The summed E-state index contributed by atoms with van der Waals surface area (Å²) < 4.78 is 6.60. The molecule has 0 fully saturated rings. The Morgan fingerprint density at radius 1 is 1.36 bits per heavy atom. The van der Waals surface area contributed by atoms with E-state index >= 15 is 0 Å². The molecule has 0 aliphatic rings. The van der Waals surface area contributed by atoms with Crippen LogP contribution in [0.15, 0.2) is 24.5 Å². The average molecular weight is 323 g/mol. The van der Waals surface area contributed by atoms with Crippen LogP contribution in [-0.2, 0) is 9.59 Å². The topological polar surface area (TPSA) is 119 Å². The molecular weight excluding hydrogens is 310 g/mol. The summed E-state index contributed by atoms with van der Waals surface area (Å²) >= 11 is 1.02. The molecule has 1 heterocycles. The van der Waals surface area contributed by atoms with Gasteiger partial charge in [-0.3, -0.25) is 9.59 Å². The molecule has 0 unspecified atom stereocenters. The smallest absolute Gasteiger partial charge is 0.313 e. The monoisotopic (exact) mass is 323 g/mol. The predicted molar refractivity (Wildman–Crippen MR) is 79.3 cm³/mol. The summed E-state index contributed by atoms with van der Waals surface area (Å²) in [5.74, 6) is -0.811. The summed E-state index contributed by atoms with van der Waals surface area (Å²) in [4.78, 5) is 22.2. The molecule has 0 atom stereocenters. The molecule has 2 aromatic rings. The van der Waals surface area contributed by atoms with Gasteiger partial charge in [0, 0.05) is 17.8 Å². The van der Waals surface area contributed by atoms with Gasteiger partial charge < -0.3 is 15.2 Å². The van der Waals surface area contributed by atoms with Gasteiger partial charge in [-0.1, -0.05) is 0 Å². The van der Waals surface area contributed by atoms with E-state index in [1.165, 1.54) is 18.1 Å². The quantitative estimate of drug-likeness (QED) is 0.752. The van der Waals surface area contributed by atoms with E-state index in [1.54, 1.807) is 18.2 Å². The van der Waals surface area contributed by atoms with Crippen LogP contribution in [0.3, 0.4) is 0 Å². The summed E-state index contributed by atoms with van der Waals surface area (Å²) in [6.07, 6.45) is 1.42. The van der Waals surface area contributed by atoms with Crippen LogP contribution in [0.5, 0.6) is 5.75 Å².